The Kier molecular flexibility index (Phi) is 2.50. The molecule has 78 valence electrons. The molecule has 2 aliphatic rings. The third-order valence-corrected chi connectivity index (χ3v) is 3.91. The van der Waals surface area contributed by atoms with Crippen molar-refractivity contribution in [2.24, 2.45) is 5.92 Å². The second kappa shape index (κ2) is 3.52. The molecule has 0 bridgehead atoms. The molecule has 3 nitrogen and oxygen atoms in total. The van der Waals surface area contributed by atoms with E-state index in [2.05, 4.69) is 11.0 Å². The number of nitrogens with zero attached hydrogens (tertiary/aromatic N) is 2. The van der Waals surface area contributed by atoms with Gasteiger partial charge in [0.15, 0.2) is 0 Å². The van der Waals surface area contributed by atoms with Crippen LogP contribution in [0.25, 0.3) is 0 Å². The summed E-state index contributed by atoms with van der Waals surface area (Å²) in [7, 11) is 0. The Labute approximate surface area is 85.3 Å². The normalized spacial score (nSPS) is 39.4. The minimum absolute atomic E-state index is 0.185. The van der Waals surface area contributed by atoms with Crippen LogP contribution in [0.3, 0.4) is 0 Å². The topological polar surface area (TPSA) is 47.3 Å². The summed E-state index contributed by atoms with van der Waals surface area (Å²) in [6.45, 7) is 4.07. The molecular formula is C11H18N2O. The molecule has 0 aromatic carbocycles. The van der Waals surface area contributed by atoms with Crippen LogP contribution < -0.4 is 0 Å². The molecule has 2 aliphatic heterocycles. The SMILES string of the molecule is CCC(C#N)C1(O)CCN2CCCC21. The van der Waals surface area contributed by atoms with Gasteiger partial charge in [0.1, 0.15) is 0 Å². The summed E-state index contributed by atoms with van der Waals surface area (Å²) in [6.07, 6.45) is 3.78. The van der Waals surface area contributed by atoms with Crippen LogP contribution in [0.5, 0.6) is 0 Å². The second-order valence-electron chi connectivity index (χ2n) is 4.53. The van der Waals surface area contributed by atoms with Gasteiger partial charge in [-0.25, -0.2) is 0 Å². The monoisotopic (exact) mass is 194 g/mol. The van der Waals surface area contributed by atoms with Gasteiger partial charge in [0.05, 0.1) is 17.6 Å². The third kappa shape index (κ3) is 1.25. The highest BCUT2D eigenvalue weighted by molar-refractivity contribution is 5.10. The highest BCUT2D eigenvalue weighted by Crippen LogP contribution is 2.41. The first-order valence-electron chi connectivity index (χ1n) is 5.58. The molecule has 0 spiro atoms. The molecule has 0 amide bonds. The first-order valence-corrected chi connectivity index (χ1v) is 5.58. The van der Waals surface area contributed by atoms with Crippen molar-refractivity contribution < 1.29 is 5.11 Å². The van der Waals surface area contributed by atoms with Crippen LogP contribution in [-0.4, -0.2) is 34.7 Å². The van der Waals surface area contributed by atoms with Crippen LogP contribution in [0.2, 0.25) is 0 Å². The van der Waals surface area contributed by atoms with Crippen LogP contribution in [-0.2, 0) is 0 Å². The Morgan fingerprint density at radius 3 is 3.07 bits per heavy atom. The Morgan fingerprint density at radius 2 is 2.43 bits per heavy atom. The lowest BCUT2D eigenvalue weighted by Gasteiger charge is -2.33. The molecular weight excluding hydrogens is 176 g/mol. The quantitative estimate of drug-likeness (QED) is 0.717. The summed E-state index contributed by atoms with van der Waals surface area (Å²) in [5.41, 5.74) is -0.722. The van der Waals surface area contributed by atoms with E-state index in [4.69, 9.17) is 5.26 Å². The van der Waals surface area contributed by atoms with Crippen LogP contribution in [0.4, 0.5) is 0 Å². The van der Waals surface area contributed by atoms with Crippen LogP contribution in [0.1, 0.15) is 32.6 Å². The standard InChI is InChI=1S/C11H18N2O/c1-2-9(8-12)11(14)5-7-13-6-3-4-10(11)13/h9-10,14H,2-7H2,1H3. The van der Waals surface area contributed by atoms with Gasteiger partial charge in [-0.1, -0.05) is 6.92 Å². The van der Waals surface area contributed by atoms with Crippen molar-refractivity contribution in [3.05, 3.63) is 0 Å². The minimum Gasteiger partial charge on any atom is -0.387 e. The van der Waals surface area contributed by atoms with Gasteiger partial charge < -0.3 is 5.11 Å². The molecule has 3 unspecified atom stereocenters. The summed E-state index contributed by atoms with van der Waals surface area (Å²) >= 11 is 0. The molecule has 3 atom stereocenters. The molecule has 3 heteroatoms. The van der Waals surface area contributed by atoms with E-state index in [-0.39, 0.29) is 12.0 Å². The van der Waals surface area contributed by atoms with Gasteiger partial charge in [0.25, 0.3) is 0 Å². The number of rotatable bonds is 2. The molecule has 0 aliphatic carbocycles. The first-order chi connectivity index (χ1) is 6.72. The van der Waals surface area contributed by atoms with Crippen molar-refractivity contribution >= 4 is 0 Å². The number of fused-ring (bicyclic) bond motifs is 1. The molecule has 0 aromatic heterocycles. The van der Waals surface area contributed by atoms with E-state index >= 15 is 0 Å². The number of hydrogen-bond acceptors (Lipinski definition) is 3. The van der Waals surface area contributed by atoms with E-state index in [0.717, 1.165) is 32.4 Å². The van der Waals surface area contributed by atoms with E-state index in [1.54, 1.807) is 0 Å². The summed E-state index contributed by atoms with van der Waals surface area (Å²) in [5.74, 6) is -0.185. The fourth-order valence-corrected chi connectivity index (χ4v) is 3.11. The van der Waals surface area contributed by atoms with Gasteiger partial charge in [0.2, 0.25) is 0 Å². The van der Waals surface area contributed by atoms with Crippen molar-refractivity contribution in [1.82, 2.24) is 4.90 Å². The Hall–Kier alpha value is -0.590. The van der Waals surface area contributed by atoms with E-state index in [0.29, 0.717) is 0 Å². The lowest BCUT2D eigenvalue weighted by Crippen LogP contribution is -2.46. The average Bonchev–Trinajstić information content (AvgIpc) is 2.73. The molecule has 0 aromatic rings. The van der Waals surface area contributed by atoms with Gasteiger partial charge in [-0.15, -0.1) is 0 Å². The highest BCUT2D eigenvalue weighted by Gasteiger charge is 2.51. The maximum Gasteiger partial charge on any atom is 0.0971 e. The molecule has 2 saturated heterocycles. The second-order valence-corrected chi connectivity index (χ2v) is 4.53. The molecule has 14 heavy (non-hydrogen) atoms. The summed E-state index contributed by atoms with van der Waals surface area (Å²) < 4.78 is 0. The fourth-order valence-electron chi connectivity index (χ4n) is 3.11. The smallest absolute Gasteiger partial charge is 0.0971 e. The van der Waals surface area contributed by atoms with Crippen LogP contribution in [0.15, 0.2) is 0 Å². The predicted molar refractivity (Wildman–Crippen MR) is 53.6 cm³/mol. The largest absolute Gasteiger partial charge is 0.387 e. The number of aliphatic hydroxyl groups is 1. The van der Waals surface area contributed by atoms with Crippen molar-refractivity contribution in [1.29, 1.82) is 5.26 Å². The summed E-state index contributed by atoms with van der Waals surface area (Å²) in [4.78, 5) is 2.35. The Morgan fingerprint density at radius 1 is 1.64 bits per heavy atom. The lowest BCUT2D eigenvalue weighted by atomic mass is 9.79. The molecule has 1 N–H and O–H groups in total. The maximum atomic E-state index is 10.6. The zero-order valence-electron chi connectivity index (χ0n) is 8.74. The highest BCUT2D eigenvalue weighted by atomic mass is 16.3. The van der Waals surface area contributed by atoms with Crippen molar-refractivity contribution in [2.45, 2.75) is 44.2 Å². The molecule has 0 radical (unpaired) electrons. The van der Waals surface area contributed by atoms with Crippen LogP contribution in [0, 0.1) is 17.2 Å². The van der Waals surface area contributed by atoms with E-state index in [1.807, 2.05) is 6.92 Å². The Bertz CT molecular complexity index is 261. The summed E-state index contributed by atoms with van der Waals surface area (Å²) in [6, 6.07) is 2.53. The molecule has 0 saturated carbocycles. The molecule has 2 fully saturated rings. The minimum atomic E-state index is -0.722. The van der Waals surface area contributed by atoms with Gasteiger partial charge >= 0.3 is 0 Å². The van der Waals surface area contributed by atoms with E-state index < -0.39 is 5.60 Å². The van der Waals surface area contributed by atoms with Crippen LogP contribution >= 0.6 is 0 Å². The zero-order chi connectivity index (χ0) is 10.2. The van der Waals surface area contributed by atoms with Crippen molar-refractivity contribution in [3.63, 3.8) is 0 Å². The first kappa shape index (κ1) is 9.95. The maximum absolute atomic E-state index is 10.6. The molecule has 2 rings (SSSR count). The fraction of sp³-hybridized carbons (Fsp3) is 0.909. The summed E-state index contributed by atoms with van der Waals surface area (Å²) in [5, 5.41) is 19.6. The average molecular weight is 194 g/mol. The Balaban J connectivity index is 2.19. The van der Waals surface area contributed by atoms with Gasteiger partial charge in [-0.3, -0.25) is 4.90 Å². The van der Waals surface area contributed by atoms with E-state index in [1.165, 1.54) is 6.42 Å². The number of hydrogen-bond donors (Lipinski definition) is 1. The zero-order valence-corrected chi connectivity index (χ0v) is 8.74. The van der Waals surface area contributed by atoms with E-state index in [9.17, 15) is 5.11 Å². The predicted octanol–water partition coefficient (Wildman–Crippen LogP) is 1.14. The van der Waals surface area contributed by atoms with Gasteiger partial charge in [-0.2, -0.15) is 5.26 Å². The third-order valence-electron chi connectivity index (χ3n) is 3.91. The molecule has 2 heterocycles. The van der Waals surface area contributed by atoms with Crippen molar-refractivity contribution in [3.8, 4) is 6.07 Å². The lowest BCUT2D eigenvalue weighted by molar-refractivity contribution is -0.0221. The van der Waals surface area contributed by atoms with Gasteiger partial charge in [0, 0.05) is 12.6 Å². The number of nitriles is 1. The van der Waals surface area contributed by atoms with Gasteiger partial charge in [-0.05, 0) is 32.2 Å². The van der Waals surface area contributed by atoms with Crippen molar-refractivity contribution in [2.75, 3.05) is 13.1 Å².